The van der Waals surface area contributed by atoms with Gasteiger partial charge in [0.15, 0.2) is 0 Å². The van der Waals surface area contributed by atoms with Gasteiger partial charge in [-0.15, -0.1) is 0 Å². The van der Waals surface area contributed by atoms with Crippen LogP contribution in [0.3, 0.4) is 0 Å². The summed E-state index contributed by atoms with van der Waals surface area (Å²) in [6, 6.07) is 5.91. The number of aryl methyl sites for hydroxylation is 1. The van der Waals surface area contributed by atoms with Crippen molar-refractivity contribution < 1.29 is 14.6 Å². The molecule has 0 saturated carbocycles. The lowest BCUT2D eigenvalue weighted by molar-refractivity contribution is -0.143. The number of benzene rings is 1. The average Bonchev–Trinajstić information content (AvgIpc) is 2.44. The van der Waals surface area contributed by atoms with Gasteiger partial charge >= 0.3 is 5.97 Å². The number of rotatable bonds is 6. The molecule has 1 aromatic carbocycles. The fraction of sp³-hybridized carbons (Fsp3) is 0.562. The van der Waals surface area contributed by atoms with Crippen LogP contribution in [0.15, 0.2) is 18.2 Å². The molecule has 110 valence electrons. The molecule has 0 aliphatic heterocycles. The van der Waals surface area contributed by atoms with E-state index in [1.165, 1.54) is 11.1 Å². The summed E-state index contributed by atoms with van der Waals surface area (Å²) in [5.74, 6) is 0.194. The predicted octanol–water partition coefficient (Wildman–Crippen LogP) is 2.70. The molecule has 0 spiro atoms. The van der Waals surface area contributed by atoms with E-state index in [9.17, 15) is 9.90 Å². The third-order valence-electron chi connectivity index (χ3n) is 3.70. The molecule has 0 bridgehead atoms. The summed E-state index contributed by atoms with van der Waals surface area (Å²) in [4.78, 5) is 11.3. The van der Waals surface area contributed by atoms with Gasteiger partial charge in [0.05, 0.1) is 6.61 Å². The standard InChI is InChI=1S/C16H23NO3/c1-2-20-16(19)7-4-10-17-15-6-3-5-12-8-9-13(18)11-14(12)15/h8-9,11,15,17-18H,2-7,10H2,1H3. The Labute approximate surface area is 120 Å². The zero-order valence-electron chi connectivity index (χ0n) is 12.0. The molecule has 1 aromatic rings. The molecule has 0 fully saturated rings. The van der Waals surface area contributed by atoms with Crippen LogP contribution >= 0.6 is 0 Å². The first kappa shape index (κ1) is 14.9. The Kier molecular flexibility index (Phi) is 5.41. The second kappa shape index (κ2) is 7.29. The summed E-state index contributed by atoms with van der Waals surface area (Å²) >= 11 is 0. The van der Waals surface area contributed by atoms with Crippen LogP contribution in [-0.2, 0) is 16.0 Å². The number of phenolic OH excluding ortho intramolecular Hbond substituents is 1. The molecule has 4 nitrogen and oxygen atoms in total. The van der Waals surface area contributed by atoms with Crippen LogP contribution in [-0.4, -0.2) is 24.2 Å². The Morgan fingerprint density at radius 3 is 3.15 bits per heavy atom. The summed E-state index contributed by atoms with van der Waals surface area (Å²) < 4.78 is 4.91. The minimum absolute atomic E-state index is 0.129. The largest absolute Gasteiger partial charge is 0.508 e. The van der Waals surface area contributed by atoms with E-state index < -0.39 is 0 Å². The Hall–Kier alpha value is -1.55. The number of carbonyl (C=O) groups excluding carboxylic acids is 1. The number of esters is 1. The van der Waals surface area contributed by atoms with Gasteiger partial charge in [-0.2, -0.15) is 0 Å². The molecule has 2 rings (SSSR count). The van der Waals surface area contributed by atoms with E-state index in [1.807, 2.05) is 19.1 Å². The molecule has 2 N–H and O–H groups in total. The number of aromatic hydroxyl groups is 1. The molecular formula is C16H23NO3. The average molecular weight is 277 g/mol. The lowest BCUT2D eigenvalue weighted by Crippen LogP contribution is -2.26. The minimum Gasteiger partial charge on any atom is -0.508 e. The quantitative estimate of drug-likeness (QED) is 0.620. The maximum Gasteiger partial charge on any atom is 0.305 e. The van der Waals surface area contributed by atoms with Crippen molar-refractivity contribution in [2.45, 2.75) is 45.1 Å². The van der Waals surface area contributed by atoms with Gasteiger partial charge in [-0.05, 0) is 62.4 Å². The number of fused-ring (bicyclic) bond motifs is 1. The SMILES string of the molecule is CCOC(=O)CCCNC1CCCc2ccc(O)cc21. The van der Waals surface area contributed by atoms with E-state index in [4.69, 9.17) is 4.74 Å². The molecule has 0 aromatic heterocycles. The van der Waals surface area contributed by atoms with Crippen LogP contribution in [0.5, 0.6) is 5.75 Å². The molecule has 1 atom stereocenters. The molecule has 0 radical (unpaired) electrons. The number of hydrogen-bond acceptors (Lipinski definition) is 4. The third-order valence-corrected chi connectivity index (χ3v) is 3.70. The number of phenols is 1. The van der Waals surface area contributed by atoms with Crippen LogP contribution in [0.25, 0.3) is 0 Å². The highest BCUT2D eigenvalue weighted by atomic mass is 16.5. The normalized spacial score (nSPS) is 17.6. The number of carbonyl (C=O) groups is 1. The fourth-order valence-electron chi connectivity index (χ4n) is 2.74. The molecule has 1 aliphatic carbocycles. The van der Waals surface area contributed by atoms with Gasteiger partial charge in [-0.1, -0.05) is 6.07 Å². The van der Waals surface area contributed by atoms with Gasteiger partial charge in [0, 0.05) is 12.5 Å². The summed E-state index contributed by atoms with van der Waals surface area (Å²) in [7, 11) is 0. The molecule has 0 saturated heterocycles. The first-order valence-electron chi connectivity index (χ1n) is 7.41. The zero-order valence-corrected chi connectivity index (χ0v) is 12.0. The van der Waals surface area contributed by atoms with Crippen molar-refractivity contribution in [3.63, 3.8) is 0 Å². The van der Waals surface area contributed by atoms with E-state index in [2.05, 4.69) is 5.32 Å². The van der Waals surface area contributed by atoms with Gasteiger partial charge in [0.2, 0.25) is 0 Å². The summed E-state index contributed by atoms with van der Waals surface area (Å²) in [5.41, 5.74) is 2.52. The molecule has 0 heterocycles. The van der Waals surface area contributed by atoms with Crippen molar-refractivity contribution in [2.75, 3.05) is 13.2 Å². The van der Waals surface area contributed by atoms with E-state index in [0.29, 0.717) is 18.8 Å². The minimum atomic E-state index is -0.129. The highest BCUT2D eigenvalue weighted by molar-refractivity contribution is 5.69. The van der Waals surface area contributed by atoms with Crippen molar-refractivity contribution in [1.82, 2.24) is 5.32 Å². The molecular weight excluding hydrogens is 254 g/mol. The van der Waals surface area contributed by atoms with Crippen LogP contribution in [0.4, 0.5) is 0 Å². The second-order valence-corrected chi connectivity index (χ2v) is 5.19. The predicted molar refractivity (Wildman–Crippen MR) is 77.7 cm³/mol. The molecule has 1 unspecified atom stereocenters. The van der Waals surface area contributed by atoms with Gasteiger partial charge < -0.3 is 15.2 Å². The molecule has 4 heteroatoms. The van der Waals surface area contributed by atoms with Crippen LogP contribution in [0.2, 0.25) is 0 Å². The molecule has 20 heavy (non-hydrogen) atoms. The maximum atomic E-state index is 11.3. The van der Waals surface area contributed by atoms with Crippen molar-refractivity contribution >= 4 is 5.97 Å². The van der Waals surface area contributed by atoms with Gasteiger partial charge in [0.1, 0.15) is 5.75 Å². The highest BCUT2D eigenvalue weighted by Gasteiger charge is 2.19. The topological polar surface area (TPSA) is 58.6 Å². The summed E-state index contributed by atoms with van der Waals surface area (Å²) in [6.45, 7) is 3.06. The smallest absolute Gasteiger partial charge is 0.305 e. The second-order valence-electron chi connectivity index (χ2n) is 5.19. The zero-order chi connectivity index (χ0) is 14.4. The van der Waals surface area contributed by atoms with E-state index in [0.717, 1.165) is 32.2 Å². The van der Waals surface area contributed by atoms with Gasteiger partial charge in [0.25, 0.3) is 0 Å². The van der Waals surface area contributed by atoms with Crippen molar-refractivity contribution in [2.24, 2.45) is 0 Å². The Morgan fingerprint density at radius 1 is 1.50 bits per heavy atom. The third kappa shape index (κ3) is 3.97. The lowest BCUT2D eigenvalue weighted by Gasteiger charge is -2.26. The number of hydrogen-bond donors (Lipinski definition) is 2. The first-order chi connectivity index (χ1) is 9.70. The Balaban J connectivity index is 1.83. The first-order valence-corrected chi connectivity index (χ1v) is 7.41. The van der Waals surface area contributed by atoms with Crippen molar-refractivity contribution in [1.29, 1.82) is 0 Å². The van der Waals surface area contributed by atoms with Crippen LogP contribution in [0.1, 0.15) is 49.8 Å². The fourth-order valence-corrected chi connectivity index (χ4v) is 2.74. The van der Waals surface area contributed by atoms with Crippen LogP contribution in [0, 0.1) is 0 Å². The summed E-state index contributed by atoms with van der Waals surface area (Å²) in [5, 5.41) is 13.1. The van der Waals surface area contributed by atoms with Crippen molar-refractivity contribution in [3.8, 4) is 5.75 Å². The Bertz CT molecular complexity index is 459. The maximum absolute atomic E-state index is 11.3. The van der Waals surface area contributed by atoms with Gasteiger partial charge in [-0.3, -0.25) is 4.79 Å². The van der Waals surface area contributed by atoms with E-state index >= 15 is 0 Å². The van der Waals surface area contributed by atoms with Crippen LogP contribution < -0.4 is 5.32 Å². The van der Waals surface area contributed by atoms with E-state index in [-0.39, 0.29) is 12.0 Å². The number of ether oxygens (including phenoxy) is 1. The molecule has 1 aliphatic rings. The monoisotopic (exact) mass is 277 g/mol. The Morgan fingerprint density at radius 2 is 2.35 bits per heavy atom. The highest BCUT2D eigenvalue weighted by Crippen LogP contribution is 2.31. The lowest BCUT2D eigenvalue weighted by atomic mass is 9.87. The van der Waals surface area contributed by atoms with Gasteiger partial charge in [-0.25, -0.2) is 0 Å². The number of nitrogens with one attached hydrogen (secondary N) is 1. The molecule has 0 amide bonds. The van der Waals surface area contributed by atoms with Crippen molar-refractivity contribution in [3.05, 3.63) is 29.3 Å². The van der Waals surface area contributed by atoms with E-state index in [1.54, 1.807) is 6.07 Å². The summed E-state index contributed by atoms with van der Waals surface area (Å²) in [6.07, 6.45) is 4.56.